The SMILES string of the molecule is CO.Nc1ccccc1-c1cc(C=O)n(PI)n1. The number of anilines is 1. The summed E-state index contributed by atoms with van der Waals surface area (Å²) in [6, 6.07) is 9.24. The Labute approximate surface area is 120 Å². The molecule has 96 valence electrons. The van der Waals surface area contributed by atoms with Gasteiger partial charge in [-0.3, -0.25) is 4.79 Å². The largest absolute Gasteiger partial charge is 0.400 e. The van der Waals surface area contributed by atoms with Crippen LogP contribution >= 0.6 is 28.4 Å². The highest BCUT2D eigenvalue weighted by molar-refractivity contribution is 14.2. The van der Waals surface area contributed by atoms with E-state index in [1.165, 1.54) is 0 Å². The average Bonchev–Trinajstić information content (AvgIpc) is 2.84. The number of para-hydroxylation sites is 1. The van der Waals surface area contributed by atoms with Gasteiger partial charge in [-0.2, -0.15) is 5.10 Å². The van der Waals surface area contributed by atoms with E-state index in [1.54, 1.807) is 10.5 Å². The van der Waals surface area contributed by atoms with Crippen molar-refractivity contribution in [2.75, 3.05) is 12.8 Å². The van der Waals surface area contributed by atoms with E-state index in [1.807, 2.05) is 24.3 Å². The van der Waals surface area contributed by atoms with Crippen LogP contribution in [0.4, 0.5) is 5.69 Å². The number of aromatic nitrogens is 2. The number of hydrogen-bond donors (Lipinski definition) is 2. The van der Waals surface area contributed by atoms with Crippen molar-refractivity contribution in [3.63, 3.8) is 0 Å². The number of nitrogens with two attached hydrogens (primary N) is 1. The van der Waals surface area contributed by atoms with Crippen LogP contribution in [0.25, 0.3) is 11.3 Å². The van der Waals surface area contributed by atoms with Gasteiger partial charge in [0.2, 0.25) is 0 Å². The molecule has 0 bridgehead atoms. The van der Waals surface area contributed by atoms with Gasteiger partial charge in [-0.15, -0.1) is 0 Å². The molecule has 0 radical (unpaired) electrons. The molecule has 0 amide bonds. The van der Waals surface area contributed by atoms with Crippen molar-refractivity contribution in [2.24, 2.45) is 0 Å². The zero-order valence-electron chi connectivity index (χ0n) is 9.67. The summed E-state index contributed by atoms with van der Waals surface area (Å²) in [4.78, 5) is 10.8. The first-order valence-electron chi connectivity index (χ1n) is 4.97. The highest BCUT2D eigenvalue weighted by Crippen LogP contribution is 2.30. The minimum atomic E-state index is 0.402. The van der Waals surface area contributed by atoms with Crippen molar-refractivity contribution in [2.45, 2.75) is 0 Å². The number of aliphatic hydroxyl groups excluding tert-OH is 1. The Morgan fingerprint density at radius 1 is 1.44 bits per heavy atom. The number of rotatable bonds is 3. The van der Waals surface area contributed by atoms with Crippen molar-refractivity contribution in [3.8, 4) is 11.3 Å². The van der Waals surface area contributed by atoms with Gasteiger partial charge in [-0.25, -0.2) is 4.45 Å². The van der Waals surface area contributed by atoms with Crippen LogP contribution in [0.3, 0.4) is 0 Å². The summed E-state index contributed by atoms with van der Waals surface area (Å²) >= 11 is 2.18. The fraction of sp³-hybridized carbons (Fsp3) is 0.0909. The van der Waals surface area contributed by atoms with Gasteiger partial charge in [0.25, 0.3) is 0 Å². The molecule has 7 heteroatoms. The highest BCUT2D eigenvalue weighted by atomic mass is 127. The van der Waals surface area contributed by atoms with Gasteiger partial charge in [0.15, 0.2) is 6.29 Å². The lowest BCUT2D eigenvalue weighted by Gasteiger charge is -2.00. The first kappa shape index (κ1) is 15.1. The lowest BCUT2D eigenvalue weighted by Crippen LogP contribution is -1.91. The molecule has 0 aliphatic rings. The Morgan fingerprint density at radius 3 is 2.61 bits per heavy atom. The molecule has 1 aromatic carbocycles. The number of nitrogen functional groups attached to an aromatic ring is 1. The number of carbonyl (C=O) groups excluding carboxylic acids is 1. The molecule has 0 aliphatic heterocycles. The van der Waals surface area contributed by atoms with E-state index in [0.717, 1.165) is 24.7 Å². The molecule has 3 N–H and O–H groups in total. The zero-order valence-corrected chi connectivity index (χ0v) is 12.8. The molecule has 0 saturated heterocycles. The Balaban J connectivity index is 0.000000771. The maximum Gasteiger partial charge on any atom is 0.168 e. The monoisotopic (exact) mass is 377 g/mol. The predicted octanol–water partition coefficient (Wildman–Crippen LogP) is 2.34. The Bertz CT molecular complexity index is 531. The van der Waals surface area contributed by atoms with Crippen LogP contribution in [-0.4, -0.2) is 28.1 Å². The van der Waals surface area contributed by atoms with E-state index in [9.17, 15) is 4.79 Å². The van der Waals surface area contributed by atoms with Crippen LogP contribution in [0, 0.1) is 0 Å². The Hall–Kier alpha value is -0.980. The van der Waals surface area contributed by atoms with Crippen LogP contribution in [0.1, 0.15) is 10.5 Å². The second kappa shape index (κ2) is 7.45. The van der Waals surface area contributed by atoms with Crippen molar-refractivity contribution >= 4 is 40.4 Å². The van der Waals surface area contributed by atoms with Gasteiger partial charge >= 0.3 is 0 Å². The van der Waals surface area contributed by atoms with Crippen LogP contribution in [0.15, 0.2) is 30.3 Å². The Morgan fingerprint density at radius 2 is 2.11 bits per heavy atom. The second-order valence-corrected chi connectivity index (χ2v) is 5.20. The summed E-state index contributed by atoms with van der Waals surface area (Å²) in [7, 11) is 1.00. The average molecular weight is 377 g/mol. The number of nitrogens with zero attached hydrogens (tertiary/aromatic N) is 2. The molecule has 1 unspecified atom stereocenters. The topological polar surface area (TPSA) is 81.1 Å². The number of hydrogen-bond acceptors (Lipinski definition) is 4. The van der Waals surface area contributed by atoms with Crippen LogP contribution in [0.2, 0.25) is 0 Å². The van der Waals surface area contributed by atoms with Crippen molar-refractivity contribution < 1.29 is 9.90 Å². The maximum absolute atomic E-state index is 10.8. The molecule has 0 fully saturated rings. The van der Waals surface area contributed by atoms with Gasteiger partial charge < -0.3 is 10.8 Å². The minimum absolute atomic E-state index is 0.402. The maximum atomic E-state index is 10.8. The number of benzene rings is 1. The molecule has 5 nitrogen and oxygen atoms in total. The van der Waals surface area contributed by atoms with E-state index in [4.69, 9.17) is 10.8 Å². The van der Waals surface area contributed by atoms with Crippen molar-refractivity contribution in [3.05, 3.63) is 36.0 Å². The third kappa shape index (κ3) is 3.28. The fourth-order valence-corrected chi connectivity index (χ4v) is 2.93. The molecule has 1 aromatic heterocycles. The summed E-state index contributed by atoms with van der Waals surface area (Å²) in [5.41, 5.74) is 8.70. The van der Waals surface area contributed by atoms with E-state index in [-0.39, 0.29) is 0 Å². The summed E-state index contributed by atoms with van der Waals surface area (Å²) in [6.45, 7) is 0. The number of aldehydes is 1. The molecule has 0 aliphatic carbocycles. The molecular formula is C11H13IN3O2P. The fourth-order valence-electron chi connectivity index (χ4n) is 1.41. The van der Waals surface area contributed by atoms with Gasteiger partial charge in [-0.05, 0) is 34.2 Å². The van der Waals surface area contributed by atoms with Gasteiger partial charge in [0, 0.05) is 18.4 Å². The first-order valence-corrected chi connectivity index (χ1v) is 9.04. The first-order chi connectivity index (χ1) is 8.76. The predicted molar refractivity (Wildman–Crippen MR) is 83.3 cm³/mol. The second-order valence-electron chi connectivity index (χ2n) is 3.16. The molecule has 0 spiro atoms. The molecule has 2 aromatic rings. The molecule has 1 heterocycles. The summed E-state index contributed by atoms with van der Waals surface area (Å²) in [6.07, 6.45) is 1.21. The van der Waals surface area contributed by atoms with Crippen LogP contribution in [-0.2, 0) is 0 Å². The minimum Gasteiger partial charge on any atom is -0.400 e. The summed E-state index contributed by atoms with van der Waals surface area (Å²) in [5.74, 6) is 0. The number of aliphatic hydroxyl groups is 1. The summed E-state index contributed by atoms with van der Waals surface area (Å²) < 4.78 is 1.68. The van der Waals surface area contributed by atoms with E-state index in [0.29, 0.717) is 17.8 Å². The molecule has 1 atom stereocenters. The smallest absolute Gasteiger partial charge is 0.168 e. The van der Waals surface area contributed by atoms with Crippen LogP contribution in [0.5, 0.6) is 0 Å². The van der Waals surface area contributed by atoms with Crippen molar-refractivity contribution in [1.29, 1.82) is 0 Å². The van der Waals surface area contributed by atoms with Gasteiger partial charge in [0.05, 0.1) is 12.1 Å². The standard InChI is InChI=1S/C10H9IN3OP.CH4O/c11-16-14-7(6-15)5-10(13-14)8-3-1-2-4-9(8)12;1-2/h1-6,16H,12H2;2H,1H3. The lowest BCUT2D eigenvalue weighted by molar-refractivity contribution is 0.111. The lowest BCUT2D eigenvalue weighted by atomic mass is 10.1. The number of carbonyl (C=O) groups is 1. The van der Waals surface area contributed by atoms with E-state index < -0.39 is 0 Å². The zero-order chi connectivity index (χ0) is 13.5. The molecule has 18 heavy (non-hydrogen) atoms. The molecular weight excluding hydrogens is 364 g/mol. The number of halogens is 1. The highest BCUT2D eigenvalue weighted by Gasteiger charge is 2.09. The molecule has 0 saturated carbocycles. The van der Waals surface area contributed by atoms with E-state index in [2.05, 4.69) is 27.1 Å². The third-order valence-corrected chi connectivity index (χ3v) is 4.06. The normalized spacial score (nSPS) is 10.2. The quantitative estimate of drug-likeness (QED) is 0.373. The van der Waals surface area contributed by atoms with Gasteiger partial charge in [-0.1, -0.05) is 18.2 Å². The molecule has 2 rings (SSSR count). The van der Waals surface area contributed by atoms with E-state index >= 15 is 0 Å². The Kier molecular flexibility index (Phi) is 6.24. The third-order valence-electron chi connectivity index (χ3n) is 2.17. The van der Waals surface area contributed by atoms with Gasteiger partial charge in [0.1, 0.15) is 5.69 Å². The van der Waals surface area contributed by atoms with Crippen molar-refractivity contribution in [1.82, 2.24) is 9.55 Å². The summed E-state index contributed by atoms with van der Waals surface area (Å²) in [5, 5.41) is 11.3. The van der Waals surface area contributed by atoms with Crippen LogP contribution < -0.4 is 5.73 Å².